The highest BCUT2D eigenvalue weighted by molar-refractivity contribution is 6.22. The molecule has 172 valence electrons. The minimum atomic E-state index is -0.337. The Balaban J connectivity index is 0.000000491. The summed E-state index contributed by atoms with van der Waals surface area (Å²) in [6, 6.07) is 13.3. The van der Waals surface area contributed by atoms with Gasteiger partial charge in [0.2, 0.25) is 0 Å². The van der Waals surface area contributed by atoms with Gasteiger partial charge in [-0.2, -0.15) is 0 Å². The van der Waals surface area contributed by atoms with E-state index in [1.807, 2.05) is 12.2 Å². The van der Waals surface area contributed by atoms with E-state index in [2.05, 4.69) is 0 Å². The summed E-state index contributed by atoms with van der Waals surface area (Å²) < 4.78 is 0. The molecule has 0 spiro atoms. The second kappa shape index (κ2) is 11.7. The first-order chi connectivity index (χ1) is 15.5. The van der Waals surface area contributed by atoms with Gasteiger partial charge in [-0.15, -0.1) is 0 Å². The van der Waals surface area contributed by atoms with Gasteiger partial charge in [0, 0.05) is 26.2 Å². The second-order valence-electron chi connectivity index (χ2n) is 6.95. The highest BCUT2D eigenvalue weighted by atomic mass is 16.2. The lowest BCUT2D eigenvalue weighted by Crippen LogP contribution is -2.31. The molecule has 2 aromatic rings. The van der Waals surface area contributed by atoms with Gasteiger partial charge in [-0.1, -0.05) is 56.0 Å². The Kier molecular flexibility index (Phi) is 8.97. The molecule has 8 nitrogen and oxygen atoms in total. The van der Waals surface area contributed by atoms with Gasteiger partial charge < -0.3 is 11.5 Å². The van der Waals surface area contributed by atoms with Crippen molar-refractivity contribution in [3.05, 3.63) is 95.1 Å². The summed E-state index contributed by atoms with van der Waals surface area (Å²) in [5.74, 6) is -1.35. The SMILES string of the molecule is C.NC/C=C\CN.O=C1c2ccccc2C(=O)N1C/C=C\CN1C(=O)c2ccccc2C1=O. The number of carbonyl (C=O) groups excluding carboxylic acids is 4. The standard InChI is InChI=1S/C20H14N2O4.C4H10N2.CH4/c23-17-13-7-1-2-8-14(13)18(24)21(17)11-5-6-12-22-19(25)15-9-3-4-10-16(15)20(22)26;5-3-1-2-4-6;/h1-10H,11-12H2;1-2H,3-6H2;1H4/b6-5-;2-1-;. The number of fused-ring (bicyclic) bond motifs is 2. The number of nitrogens with two attached hydrogens (primary N) is 2. The third-order valence-corrected chi connectivity index (χ3v) is 4.94. The molecule has 0 aromatic heterocycles. The van der Waals surface area contributed by atoms with Crippen LogP contribution in [-0.2, 0) is 0 Å². The zero-order valence-electron chi connectivity index (χ0n) is 17.4. The van der Waals surface area contributed by atoms with E-state index in [0.29, 0.717) is 35.3 Å². The fraction of sp³-hybridized carbons (Fsp3) is 0.200. The fourth-order valence-electron chi connectivity index (χ4n) is 3.36. The van der Waals surface area contributed by atoms with Gasteiger partial charge in [-0.05, 0) is 24.3 Å². The van der Waals surface area contributed by atoms with Crippen molar-refractivity contribution in [2.75, 3.05) is 26.2 Å². The van der Waals surface area contributed by atoms with Crippen molar-refractivity contribution in [1.29, 1.82) is 0 Å². The summed E-state index contributed by atoms with van der Waals surface area (Å²) in [4.78, 5) is 51.3. The molecule has 0 aliphatic carbocycles. The second-order valence-corrected chi connectivity index (χ2v) is 6.95. The molecule has 4 amide bonds. The summed E-state index contributed by atoms with van der Waals surface area (Å²) in [5, 5.41) is 0. The average Bonchev–Trinajstić information content (AvgIpc) is 3.21. The zero-order valence-corrected chi connectivity index (χ0v) is 17.4. The summed E-state index contributed by atoms with van der Waals surface area (Å²) in [6.45, 7) is 1.37. The lowest BCUT2D eigenvalue weighted by molar-refractivity contribution is 0.0651. The number of hydrogen-bond acceptors (Lipinski definition) is 6. The zero-order chi connectivity index (χ0) is 23.1. The minimum Gasteiger partial charge on any atom is -0.327 e. The number of rotatable bonds is 6. The summed E-state index contributed by atoms with van der Waals surface area (Å²) in [6.07, 6.45) is 6.90. The van der Waals surface area contributed by atoms with Gasteiger partial charge in [0.25, 0.3) is 23.6 Å². The Labute approximate surface area is 193 Å². The average molecular weight is 449 g/mol. The number of amides is 4. The molecule has 4 rings (SSSR count). The predicted molar refractivity (Wildman–Crippen MR) is 127 cm³/mol. The summed E-state index contributed by atoms with van der Waals surface area (Å²) in [5.41, 5.74) is 11.7. The third kappa shape index (κ3) is 5.31. The van der Waals surface area contributed by atoms with E-state index >= 15 is 0 Å². The van der Waals surface area contributed by atoms with Crippen LogP contribution in [-0.4, -0.2) is 59.6 Å². The van der Waals surface area contributed by atoms with Crippen molar-refractivity contribution >= 4 is 23.6 Å². The van der Waals surface area contributed by atoms with Crippen LogP contribution in [0.2, 0.25) is 0 Å². The van der Waals surface area contributed by atoms with Crippen LogP contribution in [0.25, 0.3) is 0 Å². The molecule has 0 fully saturated rings. The predicted octanol–water partition coefficient (Wildman–Crippen LogP) is 2.23. The van der Waals surface area contributed by atoms with Crippen LogP contribution >= 0.6 is 0 Å². The molecular weight excluding hydrogens is 420 g/mol. The van der Waals surface area contributed by atoms with E-state index in [9.17, 15) is 19.2 Å². The Morgan fingerprint density at radius 2 is 0.818 bits per heavy atom. The van der Waals surface area contributed by atoms with Crippen LogP contribution in [0.5, 0.6) is 0 Å². The van der Waals surface area contributed by atoms with E-state index in [1.54, 1.807) is 60.7 Å². The Bertz CT molecular complexity index is 952. The van der Waals surface area contributed by atoms with Gasteiger partial charge in [0.05, 0.1) is 22.3 Å². The molecule has 0 bridgehead atoms. The van der Waals surface area contributed by atoms with Gasteiger partial charge in [-0.3, -0.25) is 29.0 Å². The molecule has 0 unspecified atom stereocenters. The number of nitrogens with zero attached hydrogens (tertiary/aromatic N) is 2. The number of imide groups is 2. The molecule has 0 atom stereocenters. The maximum absolute atomic E-state index is 12.3. The monoisotopic (exact) mass is 448 g/mol. The van der Waals surface area contributed by atoms with Crippen LogP contribution in [0.3, 0.4) is 0 Å². The van der Waals surface area contributed by atoms with Crippen LogP contribution in [0.1, 0.15) is 48.9 Å². The largest absolute Gasteiger partial charge is 0.327 e. The Morgan fingerprint density at radius 1 is 0.545 bits per heavy atom. The molecule has 2 aromatic carbocycles. The first-order valence-corrected chi connectivity index (χ1v) is 10.1. The Morgan fingerprint density at radius 3 is 1.06 bits per heavy atom. The molecule has 2 aliphatic rings. The molecule has 2 heterocycles. The van der Waals surface area contributed by atoms with Crippen molar-refractivity contribution in [3.63, 3.8) is 0 Å². The number of hydrogen-bond donors (Lipinski definition) is 2. The molecule has 0 radical (unpaired) electrons. The molecule has 33 heavy (non-hydrogen) atoms. The normalized spacial score (nSPS) is 14.5. The molecule has 0 saturated heterocycles. The third-order valence-electron chi connectivity index (χ3n) is 4.94. The van der Waals surface area contributed by atoms with E-state index in [4.69, 9.17) is 11.5 Å². The van der Waals surface area contributed by atoms with Gasteiger partial charge in [-0.25, -0.2) is 0 Å². The highest BCUT2D eigenvalue weighted by Crippen LogP contribution is 2.23. The van der Waals surface area contributed by atoms with Crippen molar-refractivity contribution in [2.45, 2.75) is 7.43 Å². The maximum Gasteiger partial charge on any atom is 0.261 e. The maximum atomic E-state index is 12.3. The number of carbonyl (C=O) groups is 4. The highest BCUT2D eigenvalue weighted by Gasteiger charge is 2.35. The molecule has 2 aliphatic heterocycles. The molecule has 0 saturated carbocycles. The van der Waals surface area contributed by atoms with Gasteiger partial charge in [0.15, 0.2) is 0 Å². The summed E-state index contributed by atoms with van der Waals surface area (Å²) >= 11 is 0. The number of benzene rings is 2. The van der Waals surface area contributed by atoms with Crippen LogP contribution in [0.15, 0.2) is 72.8 Å². The lowest BCUT2D eigenvalue weighted by atomic mass is 10.1. The molecule has 8 heteroatoms. The van der Waals surface area contributed by atoms with Crippen molar-refractivity contribution in [1.82, 2.24) is 9.80 Å². The fourth-order valence-corrected chi connectivity index (χ4v) is 3.36. The van der Waals surface area contributed by atoms with Crippen LogP contribution < -0.4 is 11.5 Å². The van der Waals surface area contributed by atoms with Crippen molar-refractivity contribution in [3.8, 4) is 0 Å². The van der Waals surface area contributed by atoms with E-state index in [1.165, 1.54) is 0 Å². The first kappa shape index (κ1) is 25.4. The van der Waals surface area contributed by atoms with E-state index < -0.39 is 0 Å². The smallest absolute Gasteiger partial charge is 0.261 e. The van der Waals surface area contributed by atoms with Gasteiger partial charge >= 0.3 is 0 Å². The van der Waals surface area contributed by atoms with Crippen molar-refractivity contribution < 1.29 is 19.2 Å². The lowest BCUT2D eigenvalue weighted by Gasteiger charge is -2.12. The van der Waals surface area contributed by atoms with E-state index in [-0.39, 0.29) is 44.1 Å². The molecular formula is C25H28N4O4. The van der Waals surface area contributed by atoms with Crippen LogP contribution in [0, 0.1) is 0 Å². The van der Waals surface area contributed by atoms with Crippen LogP contribution in [0.4, 0.5) is 0 Å². The minimum absolute atomic E-state index is 0. The quantitative estimate of drug-likeness (QED) is 0.515. The van der Waals surface area contributed by atoms with Crippen molar-refractivity contribution in [2.24, 2.45) is 11.5 Å². The topological polar surface area (TPSA) is 127 Å². The first-order valence-electron chi connectivity index (χ1n) is 10.1. The molecule has 4 N–H and O–H groups in total. The Hall–Kier alpha value is -3.88. The van der Waals surface area contributed by atoms with E-state index in [0.717, 1.165) is 9.80 Å². The van der Waals surface area contributed by atoms with Gasteiger partial charge in [0.1, 0.15) is 0 Å². The summed E-state index contributed by atoms with van der Waals surface area (Å²) in [7, 11) is 0.